The summed E-state index contributed by atoms with van der Waals surface area (Å²) in [6, 6.07) is 16.6. The molecule has 0 saturated carbocycles. The van der Waals surface area contributed by atoms with Crippen molar-refractivity contribution in [3.63, 3.8) is 0 Å². The van der Waals surface area contributed by atoms with Gasteiger partial charge in [0.2, 0.25) is 0 Å². The summed E-state index contributed by atoms with van der Waals surface area (Å²) < 4.78 is 0. The molecule has 1 aliphatic heterocycles. The van der Waals surface area contributed by atoms with Crippen molar-refractivity contribution in [1.29, 1.82) is 0 Å². The van der Waals surface area contributed by atoms with Gasteiger partial charge in [0.15, 0.2) is 0 Å². The molecule has 0 amide bonds. The molecule has 2 aromatic rings. The van der Waals surface area contributed by atoms with Gasteiger partial charge in [0.25, 0.3) is 0 Å². The van der Waals surface area contributed by atoms with Crippen LogP contribution in [0.2, 0.25) is 0 Å². The highest BCUT2D eigenvalue weighted by atomic mass is 14.9. The van der Waals surface area contributed by atoms with Gasteiger partial charge < -0.3 is 5.32 Å². The first-order valence-corrected chi connectivity index (χ1v) is 8.60. The van der Waals surface area contributed by atoms with Crippen LogP contribution < -0.4 is 5.32 Å². The molecule has 2 aromatic carbocycles. The molecule has 0 fully saturated rings. The normalized spacial score (nSPS) is 11.4. The maximum absolute atomic E-state index is 4.91. The lowest BCUT2D eigenvalue weighted by Crippen LogP contribution is -2.21. The zero-order valence-electron chi connectivity index (χ0n) is 15.6. The summed E-state index contributed by atoms with van der Waals surface area (Å²) in [5.41, 5.74) is 5.51. The molecule has 132 valence electrons. The predicted molar refractivity (Wildman–Crippen MR) is 111 cm³/mol. The summed E-state index contributed by atoms with van der Waals surface area (Å²) >= 11 is 0. The molecule has 3 rings (SSSR count). The zero-order chi connectivity index (χ0) is 17.5. The van der Waals surface area contributed by atoms with E-state index in [9.17, 15) is 0 Å². The SMILES string of the molecule is C.CC.CC.CC(C)(C)C1=Nc2ccccc2Nc2ccccc21. The van der Waals surface area contributed by atoms with Crippen LogP contribution in [0.5, 0.6) is 0 Å². The Morgan fingerprint density at radius 3 is 1.83 bits per heavy atom. The van der Waals surface area contributed by atoms with Crippen LogP contribution in [0.1, 0.15) is 61.5 Å². The summed E-state index contributed by atoms with van der Waals surface area (Å²) in [4.78, 5) is 4.91. The molecule has 0 atom stereocenters. The highest BCUT2D eigenvalue weighted by Crippen LogP contribution is 2.37. The number of hydrogen-bond acceptors (Lipinski definition) is 2. The van der Waals surface area contributed by atoms with Crippen LogP contribution in [0.25, 0.3) is 0 Å². The van der Waals surface area contributed by atoms with Crippen LogP contribution in [0.15, 0.2) is 53.5 Å². The average molecular weight is 327 g/mol. The second-order valence-electron chi connectivity index (χ2n) is 5.90. The number of nitrogens with zero attached hydrogens (tertiary/aromatic N) is 1. The van der Waals surface area contributed by atoms with Gasteiger partial charge in [0.1, 0.15) is 0 Å². The smallest absolute Gasteiger partial charge is 0.0868 e. The van der Waals surface area contributed by atoms with Crippen molar-refractivity contribution >= 4 is 22.8 Å². The van der Waals surface area contributed by atoms with E-state index in [-0.39, 0.29) is 12.8 Å². The van der Waals surface area contributed by atoms with Crippen molar-refractivity contribution in [1.82, 2.24) is 0 Å². The fourth-order valence-corrected chi connectivity index (χ4v) is 2.37. The molecule has 1 aliphatic rings. The van der Waals surface area contributed by atoms with E-state index in [4.69, 9.17) is 4.99 Å². The Balaban J connectivity index is 0.000000987. The number of para-hydroxylation sites is 3. The number of hydrogen-bond donors (Lipinski definition) is 1. The van der Waals surface area contributed by atoms with Gasteiger partial charge in [-0.2, -0.15) is 0 Å². The van der Waals surface area contributed by atoms with E-state index < -0.39 is 0 Å². The molecule has 1 N–H and O–H groups in total. The molecule has 2 nitrogen and oxygen atoms in total. The molecule has 0 spiro atoms. The Hall–Kier alpha value is -2.09. The standard InChI is InChI=1S/C17H18N2.2C2H6.CH4/c1-17(2,3)16-12-8-4-5-9-13(12)18-14-10-6-7-11-15(14)19-16;2*1-2;/h4-11,18H,1-3H3;2*1-2H3;1H4. The number of fused-ring (bicyclic) bond motifs is 2. The van der Waals surface area contributed by atoms with Crippen molar-refractivity contribution in [2.24, 2.45) is 10.4 Å². The molecule has 0 radical (unpaired) electrons. The third kappa shape index (κ3) is 4.95. The number of anilines is 2. The van der Waals surface area contributed by atoms with Crippen LogP contribution >= 0.6 is 0 Å². The second-order valence-corrected chi connectivity index (χ2v) is 5.90. The fourth-order valence-electron chi connectivity index (χ4n) is 2.37. The van der Waals surface area contributed by atoms with Gasteiger partial charge in [-0.05, 0) is 18.2 Å². The Kier molecular flexibility index (Phi) is 9.05. The monoisotopic (exact) mass is 326 g/mol. The summed E-state index contributed by atoms with van der Waals surface area (Å²) in [6.07, 6.45) is 0. The Morgan fingerprint density at radius 1 is 0.750 bits per heavy atom. The molecule has 0 unspecified atom stereocenters. The first-order valence-electron chi connectivity index (χ1n) is 8.60. The summed E-state index contributed by atoms with van der Waals surface area (Å²) in [6.45, 7) is 14.6. The van der Waals surface area contributed by atoms with Crippen LogP contribution in [-0.2, 0) is 0 Å². The van der Waals surface area contributed by atoms with Crippen molar-refractivity contribution in [3.8, 4) is 0 Å². The van der Waals surface area contributed by atoms with Crippen LogP contribution in [0, 0.1) is 5.41 Å². The lowest BCUT2D eigenvalue weighted by molar-refractivity contribution is 0.593. The van der Waals surface area contributed by atoms with Gasteiger partial charge >= 0.3 is 0 Å². The van der Waals surface area contributed by atoms with E-state index in [1.54, 1.807) is 0 Å². The van der Waals surface area contributed by atoms with E-state index in [0.717, 1.165) is 22.8 Å². The molecule has 2 heteroatoms. The van der Waals surface area contributed by atoms with Crippen molar-refractivity contribution in [2.75, 3.05) is 5.32 Å². The molecule has 0 aliphatic carbocycles. The number of aliphatic imine (C=N–C) groups is 1. The first kappa shape index (κ1) is 21.9. The van der Waals surface area contributed by atoms with E-state index in [1.807, 2.05) is 39.8 Å². The third-order valence-electron chi connectivity index (χ3n) is 3.30. The van der Waals surface area contributed by atoms with Gasteiger partial charge in [-0.3, -0.25) is 4.99 Å². The Morgan fingerprint density at radius 2 is 1.25 bits per heavy atom. The Labute approximate surface area is 149 Å². The predicted octanol–water partition coefficient (Wildman–Crippen LogP) is 7.60. The quantitative estimate of drug-likeness (QED) is 0.529. The lowest BCUT2D eigenvalue weighted by atomic mass is 9.85. The molecule has 0 aromatic heterocycles. The van der Waals surface area contributed by atoms with E-state index in [0.29, 0.717) is 0 Å². The third-order valence-corrected chi connectivity index (χ3v) is 3.30. The van der Waals surface area contributed by atoms with E-state index >= 15 is 0 Å². The molecule has 0 bridgehead atoms. The molecule has 24 heavy (non-hydrogen) atoms. The van der Waals surface area contributed by atoms with Gasteiger partial charge in [-0.25, -0.2) is 0 Å². The van der Waals surface area contributed by atoms with Crippen molar-refractivity contribution < 1.29 is 0 Å². The maximum atomic E-state index is 4.91. The number of benzene rings is 2. The summed E-state index contributed by atoms with van der Waals surface area (Å²) in [5.74, 6) is 0. The second kappa shape index (κ2) is 9.92. The summed E-state index contributed by atoms with van der Waals surface area (Å²) in [5, 5.41) is 3.49. The maximum Gasteiger partial charge on any atom is 0.0868 e. The van der Waals surface area contributed by atoms with Gasteiger partial charge in [-0.15, -0.1) is 0 Å². The van der Waals surface area contributed by atoms with Gasteiger partial charge in [-0.1, -0.05) is 86.2 Å². The van der Waals surface area contributed by atoms with Gasteiger partial charge in [0.05, 0.1) is 17.1 Å². The molecule has 1 heterocycles. The van der Waals surface area contributed by atoms with E-state index in [1.165, 1.54) is 5.56 Å². The average Bonchev–Trinajstić information content (AvgIpc) is 2.75. The minimum absolute atomic E-state index is 0. The molecular weight excluding hydrogens is 292 g/mol. The van der Waals surface area contributed by atoms with Crippen LogP contribution in [0.4, 0.5) is 17.1 Å². The highest BCUT2D eigenvalue weighted by molar-refractivity contribution is 6.11. The number of nitrogens with one attached hydrogen (secondary N) is 1. The number of rotatable bonds is 0. The topological polar surface area (TPSA) is 24.4 Å². The van der Waals surface area contributed by atoms with E-state index in [2.05, 4.69) is 62.5 Å². The van der Waals surface area contributed by atoms with Gasteiger partial charge in [0, 0.05) is 16.7 Å². The molecular formula is C22H34N2. The zero-order valence-corrected chi connectivity index (χ0v) is 15.6. The first-order chi connectivity index (χ1) is 11.1. The largest absolute Gasteiger partial charge is 0.353 e. The fraction of sp³-hybridized carbons (Fsp3) is 0.409. The van der Waals surface area contributed by atoms with Crippen LogP contribution in [-0.4, -0.2) is 5.71 Å². The van der Waals surface area contributed by atoms with Crippen LogP contribution in [0.3, 0.4) is 0 Å². The molecule has 0 saturated heterocycles. The minimum atomic E-state index is 0. The van der Waals surface area contributed by atoms with Crippen molar-refractivity contribution in [2.45, 2.75) is 55.9 Å². The highest BCUT2D eigenvalue weighted by Gasteiger charge is 2.25. The van der Waals surface area contributed by atoms with Crippen molar-refractivity contribution in [3.05, 3.63) is 54.1 Å². The minimum Gasteiger partial charge on any atom is -0.353 e. The summed E-state index contributed by atoms with van der Waals surface area (Å²) in [7, 11) is 0. The Bertz CT molecular complexity index is 649. The lowest BCUT2D eigenvalue weighted by Gasteiger charge is -2.22.